The fourth-order valence-electron chi connectivity index (χ4n) is 4.86. The molecule has 0 amide bonds. The van der Waals surface area contributed by atoms with Gasteiger partial charge in [0.1, 0.15) is 6.10 Å². The van der Waals surface area contributed by atoms with Gasteiger partial charge in [0.25, 0.3) is 0 Å². The molecule has 0 fully saturated rings. The average molecular weight is 593 g/mol. The quantitative estimate of drug-likeness (QED) is 0.0929. The molecule has 0 aliphatic rings. The van der Waals surface area contributed by atoms with Gasteiger partial charge in [-0.15, -0.1) is 0 Å². The second-order valence-electron chi connectivity index (χ2n) is 12.8. The van der Waals surface area contributed by atoms with Crippen LogP contribution in [-0.4, -0.2) is 29.9 Å². The maximum Gasteiger partial charge on any atom is 0.340 e. The molecule has 0 aliphatic carbocycles. The Morgan fingerprint density at radius 1 is 0.721 bits per heavy atom. The van der Waals surface area contributed by atoms with Crippen LogP contribution in [-0.2, 0) is 14.3 Å². The molecule has 0 aromatic heterocycles. The Kier molecular flexibility index (Phi) is 18.8. The number of hydrogen-bond donors (Lipinski definition) is 1. The van der Waals surface area contributed by atoms with E-state index in [-0.39, 0.29) is 0 Å². The largest absolute Gasteiger partial charge is 0.457 e. The number of ether oxygens (including phenoxy) is 2. The van der Waals surface area contributed by atoms with E-state index in [4.69, 9.17) is 9.47 Å². The Morgan fingerprint density at radius 3 is 1.60 bits per heavy atom. The van der Waals surface area contributed by atoms with Gasteiger partial charge in [0.2, 0.25) is 0 Å². The lowest BCUT2D eigenvalue weighted by molar-refractivity contribution is -0.174. The van der Waals surface area contributed by atoms with E-state index in [0.29, 0.717) is 6.42 Å². The van der Waals surface area contributed by atoms with Crippen molar-refractivity contribution in [3.05, 3.63) is 94.1 Å². The van der Waals surface area contributed by atoms with E-state index < -0.39 is 23.8 Å². The molecule has 0 heterocycles. The van der Waals surface area contributed by atoms with Crippen molar-refractivity contribution < 1.29 is 19.4 Å². The van der Waals surface area contributed by atoms with Crippen molar-refractivity contribution in [3.63, 3.8) is 0 Å². The van der Waals surface area contributed by atoms with Gasteiger partial charge in [-0.25, -0.2) is 4.79 Å². The third-order valence-corrected chi connectivity index (χ3v) is 7.71. The Balaban J connectivity index is 2.46. The van der Waals surface area contributed by atoms with Gasteiger partial charge >= 0.3 is 5.97 Å². The molecule has 0 unspecified atom stereocenters. The molecule has 4 heteroatoms. The normalized spacial score (nSPS) is 14.8. The van der Waals surface area contributed by atoms with Crippen molar-refractivity contribution in [2.45, 2.75) is 137 Å². The van der Waals surface area contributed by atoms with E-state index >= 15 is 0 Å². The minimum atomic E-state index is -1.15. The second kappa shape index (κ2) is 21.1. The summed E-state index contributed by atoms with van der Waals surface area (Å²) in [5.74, 6) is -0.481. The van der Waals surface area contributed by atoms with Crippen LogP contribution in [0.2, 0.25) is 0 Å². The van der Waals surface area contributed by atoms with Crippen molar-refractivity contribution in [2.75, 3.05) is 7.11 Å². The highest BCUT2D eigenvalue weighted by atomic mass is 16.6. The third kappa shape index (κ3) is 17.9. The molecule has 0 radical (unpaired) electrons. The van der Waals surface area contributed by atoms with Crippen molar-refractivity contribution >= 4 is 5.97 Å². The van der Waals surface area contributed by atoms with E-state index in [0.717, 1.165) is 63.4 Å². The Hall–Kier alpha value is -2.69. The first-order chi connectivity index (χ1) is 20.3. The fourth-order valence-corrected chi connectivity index (χ4v) is 4.86. The van der Waals surface area contributed by atoms with Gasteiger partial charge in [0.05, 0.1) is 5.60 Å². The molecule has 2 atom stereocenters. The van der Waals surface area contributed by atoms with E-state index in [1.54, 1.807) is 13.8 Å². The summed E-state index contributed by atoms with van der Waals surface area (Å²) in [5, 5.41) is 10.7. The van der Waals surface area contributed by atoms with Crippen LogP contribution < -0.4 is 0 Å². The lowest BCUT2D eigenvalue weighted by atomic mass is 9.95. The molecule has 0 bridgehead atoms. The van der Waals surface area contributed by atoms with E-state index in [1.165, 1.54) is 35.0 Å². The third-order valence-electron chi connectivity index (χ3n) is 7.71. The first-order valence-electron chi connectivity index (χ1n) is 16.1. The molecule has 43 heavy (non-hydrogen) atoms. The van der Waals surface area contributed by atoms with Crippen molar-refractivity contribution in [2.24, 2.45) is 0 Å². The summed E-state index contributed by atoms with van der Waals surface area (Å²) in [6.45, 7) is 16.5. The molecule has 1 N–H and O–H groups in total. The molecule has 1 aromatic carbocycles. The summed E-state index contributed by atoms with van der Waals surface area (Å²) < 4.78 is 11.2. The first kappa shape index (κ1) is 38.3. The monoisotopic (exact) mass is 592 g/mol. The van der Waals surface area contributed by atoms with Gasteiger partial charge in [0.15, 0.2) is 6.10 Å². The van der Waals surface area contributed by atoms with Crippen LogP contribution >= 0.6 is 0 Å². The number of methoxy groups -OCH3 is 1. The highest BCUT2D eigenvalue weighted by molar-refractivity contribution is 5.76. The van der Waals surface area contributed by atoms with Gasteiger partial charge in [-0.1, -0.05) is 88.6 Å². The summed E-state index contributed by atoms with van der Waals surface area (Å²) in [7, 11) is 1.49. The molecular weight excluding hydrogens is 532 g/mol. The summed E-state index contributed by atoms with van der Waals surface area (Å²) in [6.07, 6.45) is 20.3. The van der Waals surface area contributed by atoms with Gasteiger partial charge < -0.3 is 14.6 Å². The molecule has 0 saturated heterocycles. The number of esters is 1. The van der Waals surface area contributed by atoms with Crippen LogP contribution in [0.4, 0.5) is 0 Å². The van der Waals surface area contributed by atoms with E-state index in [2.05, 4.69) is 71.9 Å². The number of hydrogen-bond acceptors (Lipinski definition) is 4. The number of unbranched alkanes of at least 4 members (excludes halogenated alkanes) is 1. The van der Waals surface area contributed by atoms with Crippen LogP contribution in [0.1, 0.15) is 131 Å². The second-order valence-corrected chi connectivity index (χ2v) is 12.8. The van der Waals surface area contributed by atoms with Crippen molar-refractivity contribution in [1.82, 2.24) is 0 Å². The number of benzene rings is 1. The van der Waals surface area contributed by atoms with Gasteiger partial charge in [-0.2, -0.15) is 0 Å². The fraction of sp³-hybridized carbons (Fsp3) is 0.564. The Bertz CT molecular complexity index is 1090. The Labute approximate surface area is 263 Å². The number of carbonyl (C=O) groups excluding carboxylic acids is 1. The van der Waals surface area contributed by atoms with Crippen LogP contribution in [0, 0.1) is 0 Å². The zero-order valence-electron chi connectivity index (χ0n) is 28.7. The lowest BCUT2D eigenvalue weighted by Gasteiger charge is -2.30. The Morgan fingerprint density at radius 2 is 1.16 bits per heavy atom. The van der Waals surface area contributed by atoms with E-state index in [9.17, 15) is 9.90 Å². The minimum absolute atomic E-state index is 0.481. The van der Waals surface area contributed by atoms with Gasteiger partial charge in [-0.3, -0.25) is 0 Å². The molecule has 4 nitrogen and oxygen atoms in total. The van der Waals surface area contributed by atoms with E-state index in [1.807, 2.05) is 30.3 Å². The maximum absolute atomic E-state index is 12.9. The van der Waals surface area contributed by atoms with Gasteiger partial charge in [-0.05, 0) is 125 Å². The number of rotatable bonds is 20. The van der Waals surface area contributed by atoms with Crippen molar-refractivity contribution in [3.8, 4) is 0 Å². The number of carbonyl (C=O) groups is 1. The molecule has 0 saturated carbocycles. The zero-order chi connectivity index (χ0) is 32.3. The number of allylic oxidation sites excluding steroid dienone is 10. The minimum Gasteiger partial charge on any atom is -0.457 e. The smallest absolute Gasteiger partial charge is 0.340 e. The summed E-state index contributed by atoms with van der Waals surface area (Å²) in [5.41, 5.74) is 6.61. The topological polar surface area (TPSA) is 55.8 Å². The van der Waals surface area contributed by atoms with Crippen LogP contribution in [0.25, 0.3) is 0 Å². The lowest BCUT2D eigenvalue weighted by Crippen LogP contribution is -2.40. The number of aliphatic hydroxyl groups is 1. The molecule has 1 aromatic rings. The van der Waals surface area contributed by atoms with Crippen LogP contribution in [0.3, 0.4) is 0 Å². The standard InChI is InChI=1S/C39H60O4/c1-30(2)18-15-21-33(5)24-16-22-31(3)19-13-14-20-32(4)23-17-25-34(6)28-29-36(39(7,8)41)43-38(40)37(42-9)35-26-11-10-12-27-35/h10-12,18-20,24-27,36-37,41H,13-17,21-23,28-29H2,1-9H3/b31-19+,32-20+,33-24+,34-25+/t36-,37+/m1/s1. The molecule has 0 aliphatic heterocycles. The SMILES string of the molecule is CO[C@H](C(=O)O[C@H](CC/C(C)=C/CC/C(C)=C/CC/C=C(\C)CC/C=C(\C)CCC=C(C)C)C(C)(C)O)c1ccccc1. The molecular formula is C39H60O4. The molecule has 240 valence electrons. The summed E-state index contributed by atoms with van der Waals surface area (Å²) in [6, 6.07) is 9.29. The highest BCUT2D eigenvalue weighted by Gasteiger charge is 2.33. The van der Waals surface area contributed by atoms with Crippen LogP contribution in [0.5, 0.6) is 0 Å². The van der Waals surface area contributed by atoms with Crippen LogP contribution in [0.15, 0.2) is 88.6 Å². The molecule has 1 rings (SSSR count). The maximum atomic E-state index is 12.9. The summed E-state index contributed by atoms with van der Waals surface area (Å²) in [4.78, 5) is 12.9. The van der Waals surface area contributed by atoms with Gasteiger partial charge in [0, 0.05) is 7.11 Å². The highest BCUT2D eigenvalue weighted by Crippen LogP contribution is 2.25. The average Bonchev–Trinajstić information content (AvgIpc) is 2.93. The van der Waals surface area contributed by atoms with Crippen molar-refractivity contribution in [1.29, 1.82) is 0 Å². The first-order valence-corrected chi connectivity index (χ1v) is 16.1. The molecule has 0 spiro atoms. The predicted molar refractivity (Wildman–Crippen MR) is 183 cm³/mol. The zero-order valence-corrected chi connectivity index (χ0v) is 28.7. The summed E-state index contributed by atoms with van der Waals surface area (Å²) >= 11 is 0. The predicted octanol–water partition coefficient (Wildman–Crippen LogP) is 10.7.